The van der Waals surface area contributed by atoms with E-state index in [4.69, 9.17) is 4.42 Å². The minimum atomic E-state index is -1.02. The van der Waals surface area contributed by atoms with Crippen molar-refractivity contribution in [3.63, 3.8) is 0 Å². The van der Waals surface area contributed by atoms with Gasteiger partial charge >= 0.3 is 5.97 Å². The Labute approximate surface area is 115 Å². The molecule has 1 aromatic carbocycles. The summed E-state index contributed by atoms with van der Waals surface area (Å²) in [6, 6.07) is 9.59. The molecule has 1 N–H and O–H groups in total. The Bertz CT molecular complexity index is 689. The Morgan fingerprint density at radius 3 is 2.65 bits per heavy atom. The van der Waals surface area contributed by atoms with E-state index in [0.29, 0.717) is 17.9 Å². The fourth-order valence-electron chi connectivity index (χ4n) is 2.50. The normalized spacial score (nSPS) is 17.1. The lowest BCUT2D eigenvalue weighted by molar-refractivity contribution is -0.138. The van der Waals surface area contributed by atoms with Crippen LogP contribution in [0.15, 0.2) is 40.8 Å². The zero-order valence-corrected chi connectivity index (χ0v) is 10.9. The molecule has 0 aliphatic carbocycles. The summed E-state index contributed by atoms with van der Waals surface area (Å²) in [6.07, 6.45) is 0.316. The highest BCUT2D eigenvalue weighted by Gasteiger charge is 2.39. The number of amides is 1. The van der Waals surface area contributed by atoms with Crippen molar-refractivity contribution in [2.75, 3.05) is 4.90 Å². The molecule has 102 valence electrons. The van der Waals surface area contributed by atoms with Crippen LogP contribution in [0.4, 0.5) is 5.69 Å². The highest BCUT2D eigenvalue weighted by atomic mass is 16.4. The molecule has 1 atom stereocenters. The molecule has 20 heavy (non-hydrogen) atoms. The van der Waals surface area contributed by atoms with Gasteiger partial charge in [0.25, 0.3) is 5.91 Å². The van der Waals surface area contributed by atoms with Crippen molar-refractivity contribution in [2.45, 2.75) is 19.4 Å². The number of nitrogens with zero attached hydrogens (tertiary/aromatic N) is 1. The van der Waals surface area contributed by atoms with Gasteiger partial charge in [-0.15, -0.1) is 0 Å². The lowest BCUT2D eigenvalue weighted by Crippen LogP contribution is -2.42. The molecule has 0 bridgehead atoms. The molecule has 1 aliphatic rings. The second-order valence-electron chi connectivity index (χ2n) is 4.77. The quantitative estimate of drug-likeness (QED) is 0.909. The smallest absolute Gasteiger partial charge is 0.327 e. The molecule has 3 rings (SSSR count). The molecule has 0 saturated carbocycles. The third kappa shape index (κ3) is 1.87. The zero-order chi connectivity index (χ0) is 14.3. The number of carboxylic acid groups (broad SMARTS) is 1. The Morgan fingerprint density at radius 2 is 2.00 bits per heavy atom. The average molecular weight is 271 g/mol. The molecule has 5 heteroatoms. The monoisotopic (exact) mass is 271 g/mol. The minimum absolute atomic E-state index is 0.158. The maximum absolute atomic E-state index is 12.5. The van der Waals surface area contributed by atoms with Crippen molar-refractivity contribution in [1.29, 1.82) is 0 Å². The van der Waals surface area contributed by atoms with Gasteiger partial charge in [0.15, 0.2) is 5.76 Å². The van der Waals surface area contributed by atoms with Crippen LogP contribution < -0.4 is 4.90 Å². The van der Waals surface area contributed by atoms with Gasteiger partial charge in [0.2, 0.25) is 0 Å². The van der Waals surface area contributed by atoms with E-state index in [2.05, 4.69) is 0 Å². The molecule has 1 amide bonds. The van der Waals surface area contributed by atoms with Gasteiger partial charge < -0.3 is 9.52 Å². The highest BCUT2D eigenvalue weighted by Crippen LogP contribution is 2.33. The molecule has 0 fully saturated rings. The van der Waals surface area contributed by atoms with Crippen molar-refractivity contribution in [3.05, 3.63) is 53.5 Å². The molecular weight excluding hydrogens is 258 g/mol. The number of hydrogen-bond donors (Lipinski definition) is 1. The van der Waals surface area contributed by atoms with Gasteiger partial charge in [-0.25, -0.2) is 4.79 Å². The van der Waals surface area contributed by atoms with Crippen molar-refractivity contribution < 1.29 is 19.1 Å². The van der Waals surface area contributed by atoms with Gasteiger partial charge in [-0.2, -0.15) is 0 Å². The van der Waals surface area contributed by atoms with Crippen LogP contribution in [0, 0.1) is 6.92 Å². The lowest BCUT2D eigenvalue weighted by Gasteiger charge is -2.21. The van der Waals surface area contributed by atoms with E-state index in [0.717, 1.165) is 5.56 Å². The summed E-state index contributed by atoms with van der Waals surface area (Å²) in [6.45, 7) is 1.74. The number of carboxylic acids is 1. The van der Waals surface area contributed by atoms with Crippen molar-refractivity contribution in [1.82, 2.24) is 0 Å². The Hall–Kier alpha value is -2.56. The number of carbonyl (C=O) groups excluding carboxylic acids is 1. The van der Waals surface area contributed by atoms with Gasteiger partial charge in [0.05, 0.1) is 0 Å². The Balaban J connectivity index is 2.04. The van der Waals surface area contributed by atoms with E-state index in [1.54, 1.807) is 31.2 Å². The Kier molecular flexibility index (Phi) is 2.82. The summed E-state index contributed by atoms with van der Waals surface area (Å²) in [4.78, 5) is 25.2. The number of para-hydroxylation sites is 1. The van der Waals surface area contributed by atoms with Crippen molar-refractivity contribution >= 4 is 17.6 Å². The number of hydrogen-bond acceptors (Lipinski definition) is 3. The standard InChI is InChI=1S/C15H13NO4/c1-9-6-7-13(20-9)14(17)16-11-5-3-2-4-10(11)8-12(16)15(18)19/h2-7,12H,8H2,1H3,(H,18,19)/t12-/m0/s1. The predicted molar refractivity (Wildman–Crippen MR) is 71.8 cm³/mol. The van der Waals surface area contributed by atoms with Crippen LogP contribution in [0.3, 0.4) is 0 Å². The molecule has 2 heterocycles. The molecule has 0 unspecified atom stereocenters. The second kappa shape index (κ2) is 4.52. The van der Waals surface area contributed by atoms with E-state index >= 15 is 0 Å². The predicted octanol–water partition coefficient (Wildman–Crippen LogP) is 2.24. The number of aliphatic carboxylic acids is 1. The summed E-state index contributed by atoms with van der Waals surface area (Å²) in [7, 11) is 0. The number of anilines is 1. The number of fused-ring (bicyclic) bond motifs is 1. The maximum Gasteiger partial charge on any atom is 0.327 e. The van der Waals surface area contributed by atoms with E-state index < -0.39 is 17.9 Å². The Morgan fingerprint density at radius 1 is 1.25 bits per heavy atom. The van der Waals surface area contributed by atoms with E-state index in [9.17, 15) is 14.7 Å². The molecule has 5 nitrogen and oxygen atoms in total. The summed E-state index contributed by atoms with van der Waals surface area (Å²) >= 11 is 0. The fourth-order valence-corrected chi connectivity index (χ4v) is 2.50. The lowest BCUT2D eigenvalue weighted by atomic mass is 10.1. The van der Waals surface area contributed by atoms with E-state index in [-0.39, 0.29) is 5.76 Å². The third-order valence-corrected chi connectivity index (χ3v) is 3.43. The molecule has 1 aromatic heterocycles. The van der Waals surface area contributed by atoms with Crippen LogP contribution in [-0.2, 0) is 11.2 Å². The van der Waals surface area contributed by atoms with Gasteiger partial charge in [0, 0.05) is 12.1 Å². The van der Waals surface area contributed by atoms with E-state index in [1.165, 1.54) is 4.90 Å². The molecule has 0 radical (unpaired) electrons. The first-order valence-corrected chi connectivity index (χ1v) is 6.28. The fraction of sp³-hybridized carbons (Fsp3) is 0.200. The number of rotatable bonds is 2. The second-order valence-corrected chi connectivity index (χ2v) is 4.77. The van der Waals surface area contributed by atoms with Crippen LogP contribution in [0.2, 0.25) is 0 Å². The average Bonchev–Trinajstić information content (AvgIpc) is 3.01. The first kappa shape index (κ1) is 12.5. The largest absolute Gasteiger partial charge is 0.480 e. The number of aryl methyl sites for hydroxylation is 1. The molecule has 0 spiro atoms. The first-order chi connectivity index (χ1) is 9.58. The van der Waals surface area contributed by atoms with Crippen molar-refractivity contribution in [2.24, 2.45) is 0 Å². The maximum atomic E-state index is 12.5. The van der Waals surface area contributed by atoms with Crippen LogP contribution in [0.1, 0.15) is 21.9 Å². The topological polar surface area (TPSA) is 70.8 Å². The highest BCUT2D eigenvalue weighted by molar-refractivity contribution is 6.09. The molecule has 1 aliphatic heterocycles. The van der Waals surface area contributed by atoms with Gasteiger partial charge in [-0.1, -0.05) is 18.2 Å². The van der Waals surface area contributed by atoms with Gasteiger partial charge in [-0.05, 0) is 30.7 Å². The molecule has 2 aromatic rings. The summed E-state index contributed by atoms with van der Waals surface area (Å²) < 4.78 is 5.32. The third-order valence-electron chi connectivity index (χ3n) is 3.43. The summed E-state index contributed by atoms with van der Waals surface area (Å²) in [5.74, 6) is -0.661. The number of benzene rings is 1. The SMILES string of the molecule is Cc1ccc(C(=O)N2c3ccccc3C[C@H]2C(=O)O)o1. The van der Waals surface area contributed by atoms with Crippen molar-refractivity contribution in [3.8, 4) is 0 Å². The first-order valence-electron chi connectivity index (χ1n) is 6.28. The van der Waals surface area contributed by atoms with E-state index in [1.807, 2.05) is 12.1 Å². The van der Waals surface area contributed by atoms with Crippen LogP contribution in [0.25, 0.3) is 0 Å². The summed E-state index contributed by atoms with van der Waals surface area (Å²) in [5, 5.41) is 9.33. The number of carbonyl (C=O) groups is 2. The zero-order valence-electron chi connectivity index (χ0n) is 10.9. The van der Waals surface area contributed by atoms with Gasteiger partial charge in [-0.3, -0.25) is 9.69 Å². The minimum Gasteiger partial charge on any atom is -0.480 e. The van der Waals surface area contributed by atoms with Crippen LogP contribution in [0.5, 0.6) is 0 Å². The van der Waals surface area contributed by atoms with Crippen LogP contribution in [-0.4, -0.2) is 23.0 Å². The van der Waals surface area contributed by atoms with Gasteiger partial charge in [0.1, 0.15) is 11.8 Å². The molecular formula is C15H13NO4. The number of furan rings is 1. The molecule has 0 saturated heterocycles. The summed E-state index contributed by atoms with van der Waals surface area (Å²) in [5.41, 5.74) is 1.50. The van der Waals surface area contributed by atoms with Crippen LogP contribution >= 0.6 is 0 Å².